The number of nitrogens with zero attached hydrogens (tertiary/aromatic N) is 1. The van der Waals surface area contributed by atoms with Gasteiger partial charge in [0, 0.05) is 54.3 Å². The number of aromatic nitrogens is 1. The van der Waals surface area contributed by atoms with Crippen LogP contribution in [0.3, 0.4) is 0 Å². The van der Waals surface area contributed by atoms with Gasteiger partial charge in [0.1, 0.15) is 11.6 Å². The Bertz CT molecular complexity index is 2210. The van der Waals surface area contributed by atoms with Crippen LogP contribution in [0.15, 0.2) is 90.8 Å². The van der Waals surface area contributed by atoms with Gasteiger partial charge in [-0.15, -0.1) is 28.8 Å². The molecule has 0 spiro atoms. The van der Waals surface area contributed by atoms with E-state index < -0.39 is 13.5 Å². The summed E-state index contributed by atoms with van der Waals surface area (Å²) in [7, 11) is -2.06. The van der Waals surface area contributed by atoms with Gasteiger partial charge in [-0.1, -0.05) is 119 Å². The number of hydrogen-bond acceptors (Lipinski definition) is 3. The third-order valence-electron chi connectivity index (χ3n) is 9.00. The number of halogens is 1. The molecule has 3 nitrogen and oxygen atoms in total. The van der Waals surface area contributed by atoms with Crippen molar-refractivity contribution < 1.29 is 34.4 Å². The minimum Gasteiger partial charge on any atom is -0.512 e. The summed E-state index contributed by atoms with van der Waals surface area (Å²) in [6, 6.07) is 28.3. The summed E-state index contributed by atoms with van der Waals surface area (Å²) in [5.41, 5.74) is 1.40. The number of aliphatic hydroxyl groups excluding tert-OH is 1. The first-order chi connectivity index (χ1) is 21.1. The number of pyridine rings is 1. The molecule has 0 fully saturated rings. The van der Waals surface area contributed by atoms with E-state index in [0.717, 1.165) is 32.8 Å². The van der Waals surface area contributed by atoms with Gasteiger partial charge in [-0.2, -0.15) is 0 Å². The molecule has 1 N–H and O–H groups in total. The number of allylic oxidation sites excluding steroid dienone is 2. The molecular formula is C40H39FIrNO2Si-. The van der Waals surface area contributed by atoms with Gasteiger partial charge in [0.15, 0.2) is 5.78 Å². The summed E-state index contributed by atoms with van der Waals surface area (Å²) in [5, 5.41) is 21.0. The Morgan fingerprint density at radius 1 is 0.804 bits per heavy atom. The number of hydrogen-bond donors (Lipinski definition) is 1. The smallest absolute Gasteiger partial charge is 0.164 e. The molecule has 5 aromatic carbocycles. The maximum absolute atomic E-state index is 14.6. The van der Waals surface area contributed by atoms with E-state index in [-0.39, 0.29) is 42.9 Å². The zero-order valence-corrected chi connectivity index (χ0v) is 31.0. The molecule has 1 aromatic heterocycles. The predicted octanol–water partition coefficient (Wildman–Crippen LogP) is 9.52. The molecule has 1 radical (unpaired) electrons. The number of aliphatic hydroxyl groups is 1. The molecular weight excluding hydrogens is 766 g/mol. The number of fused-ring (bicyclic) bond motifs is 7. The van der Waals surface area contributed by atoms with E-state index in [1.807, 2.05) is 65.9 Å². The van der Waals surface area contributed by atoms with Crippen molar-refractivity contribution in [3.8, 4) is 11.3 Å². The average molecular weight is 805 g/mol. The molecule has 1 aliphatic heterocycles. The summed E-state index contributed by atoms with van der Waals surface area (Å²) in [6.45, 7) is 15.9. The minimum atomic E-state index is -2.06. The molecule has 0 atom stereocenters. The van der Waals surface area contributed by atoms with Crippen LogP contribution in [-0.2, 0) is 24.9 Å². The summed E-state index contributed by atoms with van der Waals surface area (Å²) in [4.78, 5) is 16.4. The fourth-order valence-corrected chi connectivity index (χ4v) is 9.14. The summed E-state index contributed by atoms with van der Waals surface area (Å²) < 4.78 is 14.6. The number of rotatable bonds is 1. The van der Waals surface area contributed by atoms with Crippen molar-refractivity contribution in [2.24, 2.45) is 10.8 Å². The summed E-state index contributed by atoms with van der Waals surface area (Å²) in [5.74, 6) is -0.0659. The van der Waals surface area contributed by atoms with Gasteiger partial charge in [0.05, 0.1) is 8.07 Å². The molecule has 0 bridgehead atoms. The summed E-state index contributed by atoms with van der Waals surface area (Å²) >= 11 is 0. The first kappa shape index (κ1) is 33.7. The molecule has 2 heterocycles. The van der Waals surface area contributed by atoms with Crippen molar-refractivity contribution in [1.29, 1.82) is 0 Å². The number of carbonyl (C=O) groups excluding carboxylic acids is 1. The third-order valence-corrected chi connectivity index (χ3v) is 12.5. The van der Waals surface area contributed by atoms with Crippen molar-refractivity contribution >= 4 is 67.3 Å². The van der Waals surface area contributed by atoms with E-state index in [0.29, 0.717) is 5.39 Å². The molecule has 1 aliphatic rings. The van der Waals surface area contributed by atoms with Crippen molar-refractivity contribution in [2.45, 2.75) is 54.6 Å². The van der Waals surface area contributed by atoms with Crippen LogP contribution >= 0.6 is 0 Å². The van der Waals surface area contributed by atoms with Crippen molar-refractivity contribution in [3.05, 3.63) is 103 Å². The largest absolute Gasteiger partial charge is 0.512 e. The van der Waals surface area contributed by atoms with Gasteiger partial charge in [-0.3, -0.25) is 9.78 Å². The van der Waals surface area contributed by atoms with E-state index in [2.05, 4.69) is 67.7 Å². The topological polar surface area (TPSA) is 50.2 Å². The van der Waals surface area contributed by atoms with Crippen LogP contribution in [0.2, 0.25) is 13.1 Å². The Morgan fingerprint density at radius 2 is 1.48 bits per heavy atom. The SMILES string of the molecule is CC(C)(C)C(=O)/C=C(\O)C(C)(C)C.C[Si]1(C)c2cc3ccccc3[c-]c2-c2nccc3c2c1cc1c2cccc(F)c2ccc31.[Ir]. The molecule has 0 aliphatic carbocycles. The zero-order valence-electron chi connectivity index (χ0n) is 27.6. The molecule has 46 heavy (non-hydrogen) atoms. The second-order valence-corrected chi connectivity index (χ2v) is 19.0. The maximum atomic E-state index is 14.6. The Kier molecular flexibility index (Phi) is 8.65. The fraction of sp³-hybridized carbons (Fsp3) is 0.250. The molecule has 0 saturated heterocycles. The molecule has 7 rings (SSSR count). The van der Waals surface area contributed by atoms with Crippen LogP contribution in [-0.4, -0.2) is 23.9 Å². The Balaban J connectivity index is 0.000000256. The van der Waals surface area contributed by atoms with E-state index in [9.17, 15) is 14.3 Å². The zero-order chi connectivity index (χ0) is 32.5. The molecule has 0 unspecified atom stereocenters. The number of benzene rings is 5. The molecule has 237 valence electrons. The Morgan fingerprint density at radius 3 is 2.17 bits per heavy atom. The van der Waals surface area contributed by atoms with E-state index >= 15 is 0 Å². The number of ketones is 1. The van der Waals surface area contributed by atoms with Gasteiger partial charge < -0.3 is 5.11 Å². The third kappa shape index (κ3) is 5.72. The van der Waals surface area contributed by atoms with Gasteiger partial charge in [-0.25, -0.2) is 4.39 Å². The fourth-order valence-electron chi connectivity index (χ4n) is 6.14. The van der Waals surface area contributed by atoms with Crippen molar-refractivity contribution in [1.82, 2.24) is 4.98 Å². The maximum Gasteiger partial charge on any atom is 0.164 e. The van der Waals surface area contributed by atoms with Gasteiger partial charge >= 0.3 is 0 Å². The molecule has 0 saturated carbocycles. The van der Waals surface area contributed by atoms with Gasteiger partial charge in [0.25, 0.3) is 0 Å². The monoisotopic (exact) mass is 805 g/mol. The number of carbonyl (C=O) groups is 1. The first-order valence-electron chi connectivity index (χ1n) is 15.4. The second kappa shape index (κ2) is 11.8. The van der Waals surface area contributed by atoms with E-state index in [1.165, 1.54) is 38.7 Å². The van der Waals surface area contributed by atoms with Crippen LogP contribution in [0.5, 0.6) is 0 Å². The van der Waals surface area contributed by atoms with Crippen LogP contribution in [0.25, 0.3) is 54.3 Å². The van der Waals surface area contributed by atoms with Crippen LogP contribution < -0.4 is 10.4 Å². The standard InChI is InChI=1S/C29H19FNSi.C11H20O2.Ir/c1-32(2)26-15-18-7-4-3-6-17(18)14-24(26)29-28-22(12-13-31-29)20-10-11-21-19(8-5-9-25(21)30)23(20)16-27(28)32;1-10(2,3)8(12)7-9(13)11(4,5)6;/h3-13,15-16H,1-2H3;7,12H,1-6H3;/q-1;;/b;8-7-;. The van der Waals surface area contributed by atoms with Gasteiger partial charge in [-0.05, 0) is 39.1 Å². The van der Waals surface area contributed by atoms with E-state index in [1.54, 1.807) is 0 Å². The second-order valence-electron chi connectivity index (χ2n) is 14.7. The predicted molar refractivity (Wildman–Crippen MR) is 190 cm³/mol. The van der Waals surface area contributed by atoms with Crippen molar-refractivity contribution in [3.63, 3.8) is 0 Å². The molecule has 0 amide bonds. The minimum absolute atomic E-state index is 0. The van der Waals surface area contributed by atoms with Crippen LogP contribution in [0.1, 0.15) is 41.5 Å². The van der Waals surface area contributed by atoms with E-state index in [4.69, 9.17) is 4.98 Å². The quantitative estimate of drug-likeness (QED) is 0.0593. The normalized spacial score (nSPS) is 14.1. The summed E-state index contributed by atoms with van der Waals surface area (Å²) in [6.07, 6.45) is 3.24. The van der Waals surface area contributed by atoms with Crippen LogP contribution in [0, 0.1) is 22.7 Å². The molecule has 6 aromatic rings. The Hall–Kier alpha value is -3.70. The van der Waals surface area contributed by atoms with Crippen LogP contribution in [0.4, 0.5) is 4.39 Å². The van der Waals surface area contributed by atoms with Crippen molar-refractivity contribution in [2.75, 3.05) is 0 Å². The molecule has 6 heteroatoms. The first-order valence-corrected chi connectivity index (χ1v) is 18.4. The van der Waals surface area contributed by atoms with Gasteiger partial charge in [0.2, 0.25) is 0 Å². The Labute approximate surface area is 284 Å². The average Bonchev–Trinajstić information content (AvgIpc) is 2.98.